The molecule has 0 aromatic carbocycles. The van der Waals surface area contributed by atoms with Gasteiger partial charge in [0.25, 0.3) is 0 Å². The highest BCUT2D eigenvalue weighted by Crippen LogP contribution is 2.28. The Bertz CT molecular complexity index is 221. The summed E-state index contributed by atoms with van der Waals surface area (Å²) in [5.74, 6) is 0.156. The average molecular weight is 181 g/mol. The number of hydrogen-bond donors (Lipinski definition) is 0. The Morgan fingerprint density at radius 1 is 1.38 bits per heavy atom. The predicted octanol–water partition coefficient (Wildman–Crippen LogP) is 2.56. The third-order valence-corrected chi connectivity index (χ3v) is 2.04. The number of allylic oxidation sites excluding steroid dienone is 1. The van der Waals surface area contributed by atoms with E-state index in [9.17, 15) is 4.79 Å². The van der Waals surface area contributed by atoms with E-state index >= 15 is 0 Å². The van der Waals surface area contributed by atoms with Gasteiger partial charge in [0.15, 0.2) is 0 Å². The van der Waals surface area contributed by atoms with Crippen LogP contribution in [0.3, 0.4) is 0 Å². The average Bonchev–Trinajstić information content (AvgIpc) is 2.67. The molecule has 1 aliphatic rings. The minimum Gasteiger partial charge on any atom is -0.317 e. The van der Waals surface area contributed by atoms with E-state index in [1.54, 1.807) is 6.92 Å². The molecule has 0 atom stereocenters. The van der Waals surface area contributed by atoms with Gasteiger partial charge in [-0.05, 0) is 18.3 Å². The molecule has 0 bridgehead atoms. The number of amides is 1. The fourth-order valence-corrected chi connectivity index (χ4v) is 1.14. The molecule has 1 amide bonds. The molecule has 1 saturated carbocycles. The van der Waals surface area contributed by atoms with Gasteiger partial charge in [-0.15, -0.1) is 0 Å². The first-order valence-corrected chi connectivity index (χ1v) is 4.88. The summed E-state index contributed by atoms with van der Waals surface area (Å²) in [5, 5.41) is 0. The lowest BCUT2D eigenvalue weighted by atomic mass is 9.97. The van der Waals surface area contributed by atoms with E-state index in [1.165, 1.54) is 0 Å². The van der Waals surface area contributed by atoms with Crippen molar-refractivity contribution < 1.29 is 4.79 Å². The molecule has 0 aromatic rings. The fourth-order valence-electron chi connectivity index (χ4n) is 1.14. The van der Waals surface area contributed by atoms with Crippen LogP contribution < -0.4 is 0 Å². The first kappa shape index (κ1) is 10.3. The number of carbonyl (C=O) groups excluding carboxylic acids is 1. The maximum atomic E-state index is 11.2. The summed E-state index contributed by atoms with van der Waals surface area (Å²) in [6.07, 6.45) is 6.36. The van der Waals surface area contributed by atoms with Gasteiger partial charge in [-0.3, -0.25) is 4.79 Å². The van der Waals surface area contributed by atoms with Gasteiger partial charge >= 0.3 is 0 Å². The van der Waals surface area contributed by atoms with Crippen molar-refractivity contribution in [3.05, 3.63) is 12.3 Å². The van der Waals surface area contributed by atoms with Crippen LogP contribution in [-0.4, -0.2) is 16.8 Å². The summed E-state index contributed by atoms with van der Waals surface area (Å²) >= 11 is 0. The molecular weight excluding hydrogens is 162 g/mol. The zero-order valence-corrected chi connectivity index (χ0v) is 9.00. The second-order valence-electron chi connectivity index (χ2n) is 4.84. The fraction of sp³-hybridized carbons (Fsp3) is 0.727. The molecule has 13 heavy (non-hydrogen) atoms. The molecule has 1 fully saturated rings. The zero-order chi connectivity index (χ0) is 10.1. The summed E-state index contributed by atoms with van der Waals surface area (Å²) in [6, 6.07) is 0.482. The molecule has 1 rings (SSSR count). The highest BCUT2D eigenvalue weighted by molar-refractivity contribution is 5.75. The van der Waals surface area contributed by atoms with Crippen LogP contribution in [0.1, 0.15) is 40.5 Å². The van der Waals surface area contributed by atoms with E-state index in [1.807, 2.05) is 11.1 Å². The van der Waals surface area contributed by atoms with Crippen molar-refractivity contribution in [2.24, 2.45) is 5.41 Å². The number of hydrogen-bond acceptors (Lipinski definition) is 1. The summed E-state index contributed by atoms with van der Waals surface area (Å²) in [5.41, 5.74) is 0.155. The molecule has 0 unspecified atom stereocenters. The second-order valence-corrected chi connectivity index (χ2v) is 4.84. The number of nitrogens with zero attached hydrogens (tertiary/aromatic N) is 1. The molecule has 0 saturated heterocycles. The van der Waals surface area contributed by atoms with Gasteiger partial charge < -0.3 is 4.90 Å². The second kappa shape index (κ2) is 3.52. The molecule has 0 radical (unpaired) electrons. The van der Waals surface area contributed by atoms with Gasteiger partial charge in [0.05, 0.1) is 0 Å². The smallest absolute Gasteiger partial charge is 0.223 e. The van der Waals surface area contributed by atoms with Crippen molar-refractivity contribution in [1.82, 2.24) is 4.90 Å². The molecule has 0 spiro atoms. The minimum atomic E-state index is 0.155. The lowest BCUT2D eigenvalue weighted by molar-refractivity contribution is -0.126. The molecule has 74 valence electrons. The quantitative estimate of drug-likeness (QED) is 0.641. The lowest BCUT2D eigenvalue weighted by Crippen LogP contribution is -2.25. The Labute approximate surface area is 80.6 Å². The van der Waals surface area contributed by atoms with E-state index in [2.05, 4.69) is 26.8 Å². The third kappa shape index (κ3) is 3.62. The molecule has 2 nitrogen and oxygen atoms in total. The standard InChI is InChI=1S/C11H19NO/c1-9(13)12(10-5-6-10)8-7-11(2,3)4/h7-8,10H,5-6H2,1-4H3. The lowest BCUT2D eigenvalue weighted by Gasteiger charge is -2.18. The Morgan fingerprint density at radius 3 is 2.23 bits per heavy atom. The van der Waals surface area contributed by atoms with Gasteiger partial charge in [-0.1, -0.05) is 26.8 Å². The first-order valence-electron chi connectivity index (χ1n) is 4.88. The SMILES string of the molecule is CC(=O)N(C=CC(C)(C)C)C1CC1. The van der Waals surface area contributed by atoms with Crippen molar-refractivity contribution in [3.8, 4) is 0 Å². The number of rotatable bonds is 2. The van der Waals surface area contributed by atoms with Gasteiger partial charge in [0, 0.05) is 19.2 Å². The largest absolute Gasteiger partial charge is 0.317 e. The minimum absolute atomic E-state index is 0.155. The Morgan fingerprint density at radius 2 is 1.92 bits per heavy atom. The molecule has 0 aliphatic heterocycles. The van der Waals surface area contributed by atoms with Gasteiger partial charge in [-0.2, -0.15) is 0 Å². The topological polar surface area (TPSA) is 20.3 Å². The maximum absolute atomic E-state index is 11.2. The van der Waals surface area contributed by atoms with Gasteiger partial charge in [0.2, 0.25) is 5.91 Å². The Kier molecular flexibility index (Phi) is 2.79. The molecule has 0 N–H and O–H groups in total. The first-order chi connectivity index (χ1) is 5.90. The van der Waals surface area contributed by atoms with E-state index < -0.39 is 0 Å². The summed E-state index contributed by atoms with van der Waals surface area (Å²) in [7, 11) is 0. The van der Waals surface area contributed by atoms with Crippen LogP contribution >= 0.6 is 0 Å². The highest BCUT2D eigenvalue weighted by atomic mass is 16.2. The Balaban J connectivity index is 2.57. The van der Waals surface area contributed by atoms with E-state index in [0.717, 1.165) is 12.8 Å². The van der Waals surface area contributed by atoms with Crippen LogP contribution in [0.15, 0.2) is 12.3 Å². The Hall–Kier alpha value is -0.790. The van der Waals surface area contributed by atoms with E-state index in [-0.39, 0.29) is 11.3 Å². The van der Waals surface area contributed by atoms with Crippen LogP contribution in [0, 0.1) is 5.41 Å². The van der Waals surface area contributed by atoms with Crippen LogP contribution in [0.25, 0.3) is 0 Å². The van der Waals surface area contributed by atoms with Crippen LogP contribution in [0.4, 0.5) is 0 Å². The maximum Gasteiger partial charge on any atom is 0.223 e. The van der Waals surface area contributed by atoms with Crippen LogP contribution in [0.2, 0.25) is 0 Å². The van der Waals surface area contributed by atoms with Gasteiger partial charge in [0.1, 0.15) is 0 Å². The number of carbonyl (C=O) groups is 1. The van der Waals surface area contributed by atoms with Crippen LogP contribution in [0.5, 0.6) is 0 Å². The summed E-state index contributed by atoms with van der Waals surface area (Å²) < 4.78 is 0. The zero-order valence-electron chi connectivity index (χ0n) is 9.00. The normalized spacial score (nSPS) is 17.8. The molecule has 0 aromatic heterocycles. The van der Waals surface area contributed by atoms with Crippen molar-refractivity contribution in [2.75, 3.05) is 0 Å². The van der Waals surface area contributed by atoms with E-state index in [0.29, 0.717) is 6.04 Å². The summed E-state index contributed by atoms with van der Waals surface area (Å²) in [4.78, 5) is 13.1. The molecule has 2 heteroatoms. The molecular formula is C11H19NO. The summed E-state index contributed by atoms with van der Waals surface area (Å²) in [6.45, 7) is 8.03. The molecule has 1 aliphatic carbocycles. The van der Waals surface area contributed by atoms with E-state index in [4.69, 9.17) is 0 Å². The predicted molar refractivity (Wildman–Crippen MR) is 54.1 cm³/mol. The third-order valence-electron chi connectivity index (χ3n) is 2.04. The molecule has 0 heterocycles. The highest BCUT2D eigenvalue weighted by Gasteiger charge is 2.29. The van der Waals surface area contributed by atoms with Crippen molar-refractivity contribution >= 4 is 5.91 Å². The monoisotopic (exact) mass is 181 g/mol. The van der Waals surface area contributed by atoms with Crippen molar-refractivity contribution in [3.63, 3.8) is 0 Å². The van der Waals surface area contributed by atoms with Gasteiger partial charge in [-0.25, -0.2) is 0 Å². The van der Waals surface area contributed by atoms with Crippen molar-refractivity contribution in [2.45, 2.75) is 46.6 Å². The van der Waals surface area contributed by atoms with Crippen molar-refractivity contribution in [1.29, 1.82) is 0 Å². The van der Waals surface area contributed by atoms with Crippen LogP contribution in [-0.2, 0) is 4.79 Å².